The molecule has 22 heavy (non-hydrogen) atoms. The van der Waals surface area contributed by atoms with Gasteiger partial charge in [0.05, 0.1) is 13.2 Å². The predicted molar refractivity (Wildman–Crippen MR) is 80.7 cm³/mol. The molecule has 0 bridgehead atoms. The van der Waals surface area contributed by atoms with Crippen molar-refractivity contribution in [1.82, 2.24) is 9.97 Å². The molecular weight excluding hydrogens is 284 g/mol. The maximum absolute atomic E-state index is 11.2. The standard InChI is InChI=1S/C16H20N2O4/c1-2-21-16(20)11-22-14-5-3-12(4-6-14)13(10-19)9-15-17-7-8-18-15/h3-8,13,19H,2,9-11H2,1H3,(H,17,18). The molecule has 1 aromatic heterocycles. The summed E-state index contributed by atoms with van der Waals surface area (Å²) in [5.74, 6) is 0.996. The smallest absolute Gasteiger partial charge is 0.344 e. The number of aromatic amines is 1. The minimum Gasteiger partial charge on any atom is -0.482 e. The van der Waals surface area contributed by atoms with E-state index in [1.807, 2.05) is 12.1 Å². The second kappa shape index (κ2) is 8.19. The van der Waals surface area contributed by atoms with Crippen molar-refractivity contribution in [3.63, 3.8) is 0 Å². The molecule has 1 unspecified atom stereocenters. The van der Waals surface area contributed by atoms with E-state index in [4.69, 9.17) is 9.47 Å². The highest BCUT2D eigenvalue weighted by Crippen LogP contribution is 2.22. The van der Waals surface area contributed by atoms with Gasteiger partial charge in [-0.2, -0.15) is 0 Å². The van der Waals surface area contributed by atoms with E-state index in [2.05, 4.69) is 9.97 Å². The molecule has 0 radical (unpaired) electrons. The summed E-state index contributed by atoms with van der Waals surface area (Å²) >= 11 is 0. The summed E-state index contributed by atoms with van der Waals surface area (Å²) in [4.78, 5) is 18.4. The number of hydrogen-bond acceptors (Lipinski definition) is 5. The summed E-state index contributed by atoms with van der Waals surface area (Å²) in [6.07, 6.45) is 4.08. The number of nitrogens with zero attached hydrogens (tertiary/aromatic N) is 1. The van der Waals surface area contributed by atoms with Crippen LogP contribution < -0.4 is 4.74 Å². The van der Waals surface area contributed by atoms with E-state index < -0.39 is 5.97 Å². The Morgan fingerprint density at radius 2 is 2.14 bits per heavy atom. The molecule has 1 heterocycles. The zero-order valence-corrected chi connectivity index (χ0v) is 12.5. The average molecular weight is 304 g/mol. The number of esters is 1. The number of nitrogens with one attached hydrogen (secondary N) is 1. The molecule has 2 aromatic rings. The van der Waals surface area contributed by atoms with Gasteiger partial charge in [-0.05, 0) is 24.6 Å². The van der Waals surface area contributed by atoms with E-state index in [0.717, 1.165) is 11.4 Å². The van der Waals surface area contributed by atoms with Crippen LogP contribution in [0.5, 0.6) is 5.75 Å². The normalized spacial score (nSPS) is 11.9. The molecule has 0 saturated heterocycles. The Balaban J connectivity index is 1.93. The number of ether oxygens (including phenoxy) is 2. The van der Waals surface area contributed by atoms with E-state index >= 15 is 0 Å². The van der Waals surface area contributed by atoms with E-state index in [0.29, 0.717) is 18.8 Å². The van der Waals surface area contributed by atoms with Crippen LogP contribution in [-0.4, -0.2) is 40.9 Å². The summed E-state index contributed by atoms with van der Waals surface area (Å²) in [5, 5.41) is 9.55. The van der Waals surface area contributed by atoms with Crippen molar-refractivity contribution in [3.05, 3.63) is 48.0 Å². The first-order valence-corrected chi connectivity index (χ1v) is 7.20. The molecule has 6 heteroatoms. The maximum atomic E-state index is 11.2. The summed E-state index contributed by atoms with van der Waals surface area (Å²) < 4.78 is 10.1. The highest BCUT2D eigenvalue weighted by Gasteiger charge is 2.13. The van der Waals surface area contributed by atoms with Gasteiger partial charge in [-0.3, -0.25) is 0 Å². The second-order valence-corrected chi connectivity index (χ2v) is 4.78. The first-order chi connectivity index (χ1) is 10.7. The van der Waals surface area contributed by atoms with Crippen molar-refractivity contribution in [2.45, 2.75) is 19.3 Å². The Hall–Kier alpha value is -2.34. The molecule has 0 spiro atoms. The van der Waals surface area contributed by atoms with Crippen molar-refractivity contribution in [2.75, 3.05) is 19.8 Å². The Morgan fingerprint density at radius 1 is 1.36 bits per heavy atom. The maximum Gasteiger partial charge on any atom is 0.344 e. The Morgan fingerprint density at radius 3 is 2.73 bits per heavy atom. The van der Waals surface area contributed by atoms with Crippen molar-refractivity contribution in [2.24, 2.45) is 0 Å². The molecule has 1 atom stereocenters. The van der Waals surface area contributed by atoms with E-state index in [9.17, 15) is 9.90 Å². The fraction of sp³-hybridized carbons (Fsp3) is 0.375. The summed E-state index contributed by atoms with van der Waals surface area (Å²) in [6.45, 7) is 2.01. The van der Waals surface area contributed by atoms with Crippen LogP contribution in [0.1, 0.15) is 24.2 Å². The summed E-state index contributed by atoms with van der Waals surface area (Å²) in [6, 6.07) is 7.31. The molecule has 2 rings (SSSR count). The van der Waals surface area contributed by atoms with Crippen LogP contribution in [0.3, 0.4) is 0 Å². The van der Waals surface area contributed by atoms with Crippen LogP contribution in [0.25, 0.3) is 0 Å². The van der Waals surface area contributed by atoms with Crippen LogP contribution in [0.15, 0.2) is 36.7 Å². The molecule has 6 nitrogen and oxygen atoms in total. The van der Waals surface area contributed by atoms with Crippen molar-refractivity contribution >= 4 is 5.97 Å². The molecule has 0 saturated carbocycles. The monoisotopic (exact) mass is 304 g/mol. The highest BCUT2D eigenvalue weighted by atomic mass is 16.6. The lowest BCUT2D eigenvalue weighted by atomic mass is 9.96. The number of rotatable bonds is 8. The summed E-state index contributed by atoms with van der Waals surface area (Å²) in [7, 11) is 0. The van der Waals surface area contributed by atoms with E-state index in [-0.39, 0.29) is 19.1 Å². The molecule has 1 aromatic carbocycles. The topological polar surface area (TPSA) is 84.4 Å². The third kappa shape index (κ3) is 4.60. The molecule has 0 aliphatic carbocycles. The first kappa shape index (κ1) is 16.0. The first-order valence-electron chi connectivity index (χ1n) is 7.20. The number of aliphatic hydroxyl groups is 1. The third-order valence-electron chi connectivity index (χ3n) is 3.23. The van der Waals surface area contributed by atoms with Gasteiger partial charge in [-0.15, -0.1) is 0 Å². The number of aromatic nitrogens is 2. The SMILES string of the molecule is CCOC(=O)COc1ccc(C(CO)Cc2ncc[nH]2)cc1. The third-order valence-corrected chi connectivity index (χ3v) is 3.23. The zero-order chi connectivity index (χ0) is 15.8. The minimum absolute atomic E-state index is 0.0315. The lowest BCUT2D eigenvalue weighted by Gasteiger charge is -2.14. The van der Waals surface area contributed by atoms with Gasteiger partial charge in [-0.25, -0.2) is 9.78 Å². The van der Waals surface area contributed by atoms with Gasteiger partial charge in [0.25, 0.3) is 0 Å². The zero-order valence-electron chi connectivity index (χ0n) is 12.5. The molecular formula is C16H20N2O4. The minimum atomic E-state index is -0.391. The number of H-pyrrole nitrogens is 1. The Labute approximate surface area is 129 Å². The Kier molecular flexibility index (Phi) is 5.97. The number of imidazole rings is 1. The Bertz CT molecular complexity index is 566. The van der Waals surface area contributed by atoms with E-state index in [1.54, 1.807) is 31.5 Å². The van der Waals surface area contributed by atoms with Crippen molar-refractivity contribution < 1.29 is 19.4 Å². The van der Waals surface area contributed by atoms with Crippen LogP contribution in [0.4, 0.5) is 0 Å². The van der Waals surface area contributed by atoms with Gasteiger partial charge < -0.3 is 19.6 Å². The van der Waals surface area contributed by atoms with Crippen LogP contribution in [0.2, 0.25) is 0 Å². The fourth-order valence-electron chi connectivity index (χ4n) is 2.11. The molecule has 2 N–H and O–H groups in total. The average Bonchev–Trinajstić information content (AvgIpc) is 3.05. The molecule has 0 amide bonds. The lowest BCUT2D eigenvalue weighted by molar-refractivity contribution is -0.145. The molecule has 0 fully saturated rings. The number of hydrogen-bond donors (Lipinski definition) is 2. The number of carbonyl (C=O) groups excluding carboxylic acids is 1. The molecule has 0 aliphatic rings. The van der Waals surface area contributed by atoms with Crippen LogP contribution in [0, 0.1) is 0 Å². The van der Waals surface area contributed by atoms with Gasteiger partial charge in [0.1, 0.15) is 11.6 Å². The number of carbonyl (C=O) groups is 1. The number of aliphatic hydroxyl groups excluding tert-OH is 1. The van der Waals surface area contributed by atoms with E-state index in [1.165, 1.54) is 0 Å². The van der Waals surface area contributed by atoms with Crippen molar-refractivity contribution in [3.8, 4) is 5.75 Å². The van der Waals surface area contributed by atoms with Gasteiger partial charge in [0.2, 0.25) is 0 Å². The predicted octanol–water partition coefficient (Wildman–Crippen LogP) is 1.67. The van der Waals surface area contributed by atoms with Crippen LogP contribution in [-0.2, 0) is 16.0 Å². The quantitative estimate of drug-likeness (QED) is 0.725. The highest BCUT2D eigenvalue weighted by molar-refractivity contribution is 5.71. The largest absolute Gasteiger partial charge is 0.482 e. The van der Waals surface area contributed by atoms with Gasteiger partial charge in [0.15, 0.2) is 6.61 Å². The van der Waals surface area contributed by atoms with Crippen molar-refractivity contribution in [1.29, 1.82) is 0 Å². The van der Waals surface area contributed by atoms with Gasteiger partial charge in [0, 0.05) is 24.7 Å². The fourth-order valence-corrected chi connectivity index (χ4v) is 2.11. The summed E-state index contributed by atoms with van der Waals surface area (Å²) in [5.41, 5.74) is 0.988. The molecule has 0 aliphatic heterocycles. The van der Waals surface area contributed by atoms with Gasteiger partial charge >= 0.3 is 5.97 Å². The van der Waals surface area contributed by atoms with Crippen LogP contribution >= 0.6 is 0 Å². The lowest BCUT2D eigenvalue weighted by Crippen LogP contribution is -2.14. The second-order valence-electron chi connectivity index (χ2n) is 4.78. The van der Waals surface area contributed by atoms with Gasteiger partial charge in [-0.1, -0.05) is 12.1 Å². The molecule has 118 valence electrons. The number of benzene rings is 1.